The van der Waals surface area contributed by atoms with Crippen molar-refractivity contribution in [2.75, 3.05) is 0 Å². The molecule has 1 aromatic carbocycles. The van der Waals surface area contributed by atoms with E-state index in [1.54, 1.807) is 11.6 Å². The lowest BCUT2D eigenvalue weighted by atomic mass is 10.3. The van der Waals surface area contributed by atoms with Crippen molar-refractivity contribution in [2.24, 2.45) is 0 Å². The number of nitriles is 1. The number of fused-ring (bicyclic) bond motifs is 1. The van der Waals surface area contributed by atoms with Crippen LogP contribution >= 0.6 is 0 Å². The van der Waals surface area contributed by atoms with Gasteiger partial charge in [0.1, 0.15) is 11.6 Å². The summed E-state index contributed by atoms with van der Waals surface area (Å²) in [6.45, 7) is 1.79. The predicted molar refractivity (Wildman–Crippen MR) is 47.9 cm³/mol. The van der Waals surface area contributed by atoms with Gasteiger partial charge in [-0.25, -0.2) is 4.68 Å². The zero-order valence-corrected chi connectivity index (χ0v) is 7.18. The monoisotopic (exact) mass is 172 g/mol. The van der Waals surface area contributed by atoms with Crippen molar-refractivity contribution in [1.29, 1.82) is 5.26 Å². The summed E-state index contributed by atoms with van der Waals surface area (Å²) in [6.07, 6.45) is 0. The second-order valence-corrected chi connectivity index (χ2v) is 2.83. The summed E-state index contributed by atoms with van der Waals surface area (Å²) in [5.41, 5.74) is 1.72. The molecular weight excluding hydrogens is 164 g/mol. The van der Waals surface area contributed by atoms with E-state index in [2.05, 4.69) is 16.4 Å². The van der Waals surface area contributed by atoms with E-state index < -0.39 is 0 Å². The van der Waals surface area contributed by atoms with E-state index in [1.807, 2.05) is 24.3 Å². The highest BCUT2D eigenvalue weighted by Gasteiger charge is 2.08. The first kappa shape index (κ1) is 7.74. The average Bonchev–Trinajstić information content (AvgIpc) is 2.60. The standard InChI is InChI=1S/C9H8N4/c1-7(6-10)13-9-5-3-2-4-8(9)11-12-13/h2-5,7H,1H3. The maximum absolute atomic E-state index is 8.73. The molecule has 0 amide bonds. The zero-order valence-electron chi connectivity index (χ0n) is 7.18. The van der Waals surface area contributed by atoms with Gasteiger partial charge in [-0.1, -0.05) is 17.3 Å². The number of aromatic nitrogens is 3. The Bertz CT molecular complexity index is 466. The normalized spacial score (nSPS) is 12.6. The summed E-state index contributed by atoms with van der Waals surface area (Å²) in [4.78, 5) is 0. The summed E-state index contributed by atoms with van der Waals surface area (Å²) < 4.78 is 1.62. The van der Waals surface area contributed by atoms with Gasteiger partial charge in [0.15, 0.2) is 0 Å². The summed E-state index contributed by atoms with van der Waals surface area (Å²) in [6, 6.07) is 9.44. The Hall–Kier alpha value is -1.89. The SMILES string of the molecule is CC(C#N)n1nnc2ccccc21. The topological polar surface area (TPSA) is 54.5 Å². The highest BCUT2D eigenvalue weighted by atomic mass is 15.4. The van der Waals surface area contributed by atoms with Crippen LogP contribution in [0.3, 0.4) is 0 Å². The highest BCUT2D eigenvalue weighted by molar-refractivity contribution is 5.74. The number of para-hydroxylation sites is 1. The number of hydrogen-bond acceptors (Lipinski definition) is 3. The minimum atomic E-state index is -0.271. The molecule has 0 aliphatic rings. The quantitative estimate of drug-likeness (QED) is 0.655. The van der Waals surface area contributed by atoms with Gasteiger partial charge in [0.25, 0.3) is 0 Å². The van der Waals surface area contributed by atoms with Gasteiger partial charge in [0.05, 0.1) is 11.6 Å². The molecule has 0 bridgehead atoms. The molecule has 13 heavy (non-hydrogen) atoms. The van der Waals surface area contributed by atoms with Crippen molar-refractivity contribution in [1.82, 2.24) is 15.0 Å². The Labute approximate surface area is 75.4 Å². The third kappa shape index (κ3) is 1.14. The fourth-order valence-corrected chi connectivity index (χ4v) is 1.23. The minimum absolute atomic E-state index is 0.271. The van der Waals surface area contributed by atoms with Crippen LogP contribution < -0.4 is 0 Å². The molecule has 2 aromatic rings. The largest absolute Gasteiger partial charge is 0.228 e. The molecule has 1 heterocycles. The minimum Gasteiger partial charge on any atom is -0.228 e. The maximum Gasteiger partial charge on any atom is 0.138 e. The van der Waals surface area contributed by atoms with Crippen LogP contribution in [0, 0.1) is 11.3 Å². The fraction of sp³-hybridized carbons (Fsp3) is 0.222. The number of rotatable bonds is 1. The Morgan fingerprint density at radius 3 is 3.00 bits per heavy atom. The van der Waals surface area contributed by atoms with Gasteiger partial charge in [-0.05, 0) is 19.1 Å². The molecule has 0 N–H and O–H groups in total. The Kier molecular flexibility index (Phi) is 1.71. The van der Waals surface area contributed by atoms with Gasteiger partial charge >= 0.3 is 0 Å². The van der Waals surface area contributed by atoms with E-state index >= 15 is 0 Å². The second-order valence-electron chi connectivity index (χ2n) is 2.83. The van der Waals surface area contributed by atoms with E-state index in [9.17, 15) is 0 Å². The summed E-state index contributed by atoms with van der Waals surface area (Å²) in [7, 11) is 0. The van der Waals surface area contributed by atoms with Crippen molar-refractivity contribution >= 4 is 11.0 Å². The zero-order chi connectivity index (χ0) is 9.26. The Morgan fingerprint density at radius 2 is 2.23 bits per heavy atom. The molecule has 2 rings (SSSR count). The van der Waals surface area contributed by atoms with Crippen LogP contribution in [0.15, 0.2) is 24.3 Å². The van der Waals surface area contributed by atoms with E-state index in [4.69, 9.17) is 5.26 Å². The lowest BCUT2D eigenvalue weighted by molar-refractivity contribution is 0.584. The van der Waals surface area contributed by atoms with Gasteiger partial charge in [0.2, 0.25) is 0 Å². The average molecular weight is 172 g/mol. The lowest BCUT2D eigenvalue weighted by Crippen LogP contribution is -2.04. The van der Waals surface area contributed by atoms with Crippen molar-refractivity contribution in [3.05, 3.63) is 24.3 Å². The molecule has 1 atom stereocenters. The van der Waals surface area contributed by atoms with E-state index in [0.29, 0.717) is 0 Å². The molecule has 1 unspecified atom stereocenters. The van der Waals surface area contributed by atoms with E-state index in [0.717, 1.165) is 11.0 Å². The molecule has 0 aliphatic carbocycles. The molecular formula is C9H8N4. The predicted octanol–water partition coefficient (Wildman–Crippen LogP) is 1.52. The molecule has 0 saturated heterocycles. The fourth-order valence-electron chi connectivity index (χ4n) is 1.23. The van der Waals surface area contributed by atoms with E-state index in [-0.39, 0.29) is 6.04 Å². The molecule has 64 valence electrons. The first-order valence-corrected chi connectivity index (χ1v) is 4.02. The molecule has 4 nitrogen and oxygen atoms in total. The van der Waals surface area contributed by atoms with Crippen molar-refractivity contribution in [3.8, 4) is 6.07 Å². The van der Waals surface area contributed by atoms with Gasteiger partial charge in [0, 0.05) is 0 Å². The third-order valence-corrected chi connectivity index (χ3v) is 1.93. The Balaban J connectivity index is 2.66. The second kappa shape index (κ2) is 2.87. The molecule has 0 fully saturated rings. The van der Waals surface area contributed by atoms with Gasteiger partial charge in [-0.3, -0.25) is 0 Å². The molecule has 4 heteroatoms. The van der Waals surface area contributed by atoms with Crippen LogP contribution in [0.5, 0.6) is 0 Å². The van der Waals surface area contributed by atoms with Gasteiger partial charge in [-0.2, -0.15) is 5.26 Å². The molecule has 0 spiro atoms. The first-order valence-electron chi connectivity index (χ1n) is 4.02. The van der Waals surface area contributed by atoms with Crippen LogP contribution in [0.2, 0.25) is 0 Å². The van der Waals surface area contributed by atoms with E-state index in [1.165, 1.54) is 0 Å². The highest BCUT2D eigenvalue weighted by Crippen LogP contribution is 2.13. The van der Waals surface area contributed by atoms with Crippen molar-refractivity contribution < 1.29 is 0 Å². The number of benzene rings is 1. The first-order chi connectivity index (χ1) is 6.33. The lowest BCUT2D eigenvalue weighted by Gasteiger charge is -2.01. The van der Waals surface area contributed by atoms with Crippen LogP contribution in [0.25, 0.3) is 11.0 Å². The van der Waals surface area contributed by atoms with Crippen LogP contribution in [0.4, 0.5) is 0 Å². The molecule has 0 saturated carbocycles. The Morgan fingerprint density at radius 1 is 1.46 bits per heavy atom. The molecule has 1 aromatic heterocycles. The maximum atomic E-state index is 8.73. The van der Waals surface area contributed by atoms with Crippen LogP contribution in [0.1, 0.15) is 13.0 Å². The van der Waals surface area contributed by atoms with Crippen LogP contribution in [-0.4, -0.2) is 15.0 Å². The summed E-state index contributed by atoms with van der Waals surface area (Å²) in [5, 5.41) is 16.6. The third-order valence-electron chi connectivity index (χ3n) is 1.93. The smallest absolute Gasteiger partial charge is 0.138 e. The van der Waals surface area contributed by atoms with Crippen molar-refractivity contribution in [3.63, 3.8) is 0 Å². The van der Waals surface area contributed by atoms with Crippen molar-refractivity contribution in [2.45, 2.75) is 13.0 Å². The summed E-state index contributed by atoms with van der Waals surface area (Å²) >= 11 is 0. The number of nitrogens with zero attached hydrogens (tertiary/aromatic N) is 4. The van der Waals surface area contributed by atoms with Gasteiger partial charge in [-0.15, -0.1) is 5.10 Å². The van der Waals surface area contributed by atoms with Gasteiger partial charge < -0.3 is 0 Å². The molecule has 0 aliphatic heterocycles. The summed E-state index contributed by atoms with van der Waals surface area (Å²) in [5.74, 6) is 0. The molecule has 0 radical (unpaired) electrons. The number of hydrogen-bond donors (Lipinski definition) is 0. The van der Waals surface area contributed by atoms with Crippen LogP contribution in [-0.2, 0) is 0 Å².